The summed E-state index contributed by atoms with van der Waals surface area (Å²) in [7, 11) is 0. The number of halogens is 1. The van der Waals surface area contributed by atoms with Crippen LogP contribution in [0.2, 0.25) is 0 Å². The minimum absolute atomic E-state index is 0.0472. The number of urea groups is 1. The van der Waals surface area contributed by atoms with Crippen molar-refractivity contribution >= 4 is 6.03 Å². The second-order valence-corrected chi connectivity index (χ2v) is 4.99. The Morgan fingerprint density at radius 2 is 1.86 bits per heavy atom. The van der Waals surface area contributed by atoms with E-state index in [1.165, 1.54) is 11.6 Å². The van der Waals surface area contributed by atoms with Crippen molar-refractivity contribution in [3.8, 4) is 5.75 Å². The van der Waals surface area contributed by atoms with Gasteiger partial charge in [0.2, 0.25) is 0 Å². The Hall–Kier alpha value is -2.56. The quantitative estimate of drug-likeness (QED) is 0.833. The van der Waals surface area contributed by atoms with E-state index in [-0.39, 0.29) is 19.1 Å². The van der Waals surface area contributed by atoms with Gasteiger partial charge in [0.25, 0.3) is 0 Å². The molecule has 0 radical (unpaired) electrons. The summed E-state index contributed by atoms with van der Waals surface area (Å²) in [5.41, 5.74) is 2.75. The van der Waals surface area contributed by atoms with E-state index in [4.69, 9.17) is 4.74 Å². The Bertz CT molecular complexity index is 659. The number of hydrogen-bond donors (Lipinski definition) is 2. The molecule has 4 nitrogen and oxygen atoms in total. The first-order valence-corrected chi connectivity index (χ1v) is 7.01. The summed E-state index contributed by atoms with van der Waals surface area (Å²) < 4.78 is 18.8. The van der Waals surface area contributed by atoms with Crippen molar-refractivity contribution in [2.75, 3.05) is 6.73 Å². The molecule has 0 aromatic heterocycles. The monoisotopic (exact) mass is 302 g/mol. The molecule has 2 N–H and O–H groups in total. The normalized spacial score (nSPS) is 10.1. The van der Waals surface area contributed by atoms with E-state index in [1.54, 1.807) is 18.2 Å². The van der Waals surface area contributed by atoms with Crippen molar-refractivity contribution in [1.29, 1.82) is 0 Å². The molecule has 2 rings (SSSR count). The highest BCUT2D eigenvalue weighted by Gasteiger charge is 2.04. The number of hydrogen-bond acceptors (Lipinski definition) is 2. The number of benzene rings is 2. The lowest BCUT2D eigenvalue weighted by atomic mass is 10.1. The van der Waals surface area contributed by atoms with Crippen LogP contribution in [0.25, 0.3) is 0 Å². The summed E-state index contributed by atoms with van der Waals surface area (Å²) in [5, 5.41) is 5.14. The van der Waals surface area contributed by atoms with Crippen LogP contribution in [0, 0.1) is 19.7 Å². The molecule has 0 aliphatic rings. The highest BCUT2D eigenvalue weighted by atomic mass is 19.1. The maximum atomic E-state index is 13.4. The van der Waals surface area contributed by atoms with Crippen LogP contribution in [0.3, 0.4) is 0 Å². The van der Waals surface area contributed by atoms with Crippen LogP contribution in [0.1, 0.15) is 16.7 Å². The highest BCUT2D eigenvalue weighted by Crippen LogP contribution is 2.15. The zero-order valence-corrected chi connectivity index (χ0v) is 12.7. The lowest BCUT2D eigenvalue weighted by Crippen LogP contribution is -2.37. The van der Waals surface area contributed by atoms with Crippen molar-refractivity contribution in [2.45, 2.75) is 20.4 Å². The van der Waals surface area contributed by atoms with Gasteiger partial charge in [0.1, 0.15) is 11.6 Å². The van der Waals surface area contributed by atoms with Crippen molar-refractivity contribution < 1.29 is 13.9 Å². The third-order valence-corrected chi connectivity index (χ3v) is 3.35. The Balaban J connectivity index is 1.74. The third kappa shape index (κ3) is 4.48. The van der Waals surface area contributed by atoms with Crippen molar-refractivity contribution in [1.82, 2.24) is 10.6 Å². The van der Waals surface area contributed by atoms with Gasteiger partial charge in [0.15, 0.2) is 6.73 Å². The van der Waals surface area contributed by atoms with Gasteiger partial charge in [-0.15, -0.1) is 0 Å². The first kappa shape index (κ1) is 15.8. The summed E-state index contributed by atoms with van der Waals surface area (Å²) in [5.74, 6) is 0.353. The van der Waals surface area contributed by atoms with Crippen LogP contribution in [-0.2, 0) is 6.54 Å². The molecule has 0 spiro atoms. The summed E-state index contributed by atoms with van der Waals surface area (Å²) in [6.45, 7) is 4.19. The fraction of sp³-hybridized carbons (Fsp3) is 0.235. The molecule has 2 aromatic carbocycles. The SMILES string of the molecule is Cc1ccc(OCNC(=O)NCc2ccccc2F)cc1C. The van der Waals surface area contributed by atoms with E-state index >= 15 is 0 Å². The van der Waals surface area contributed by atoms with Gasteiger partial charge in [0, 0.05) is 12.1 Å². The van der Waals surface area contributed by atoms with Crippen molar-refractivity contribution in [3.05, 3.63) is 65.0 Å². The molecule has 0 fully saturated rings. The topological polar surface area (TPSA) is 50.4 Å². The summed E-state index contributed by atoms with van der Waals surface area (Å²) >= 11 is 0. The van der Waals surface area contributed by atoms with Gasteiger partial charge in [-0.25, -0.2) is 9.18 Å². The Morgan fingerprint density at radius 3 is 2.59 bits per heavy atom. The highest BCUT2D eigenvalue weighted by molar-refractivity contribution is 5.73. The number of carbonyl (C=O) groups is 1. The van der Waals surface area contributed by atoms with Crippen LogP contribution in [0.5, 0.6) is 5.75 Å². The Kier molecular flexibility index (Phi) is 5.36. The van der Waals surface area contributed by atoms with E-state index in [9.17, 15) is 9.18 Å². The predicted octanol–water partition coefficient (Wildman–Crippen LogP) is 3.28. The van der Waals surface area contributed by atoms with E-state index in [2.05, 4.69) is 10.6 Å². The first-order valence-electron chi connectivity index (χ1n) is 7.01. The van der Waals surface area contributed by atoms with Crippen LogP contribution in [0.15, 0.2) is 42.5 Å². The molecule has 22 heavy (non-hydrogen) atoms. The van der Waals surface area contributed by atoms with Gasteiger partial charge in [-0.1, -0.05) is 24.3 Å². The zero-order chi connectivity index (χ0) is 15.9. The molecule has 2 aromatic rings. The maximum absolute atomic E-state index is 13.4. The fourth-order valence-electron chi connectivity index (χ4n) is 1.87. The molecule has 0 bridgehead atoms. The molecule has 0 atom stereocenters. The van der Waals surface area contributed by atoms with Crippen LogP contribution >= 0.6 is 0 Å². The fourth-order valence-corrected chi connectivity index (χ4v) is 1.87. The largest absolute Gasteiger partial charge is 0.473 e. The third-order valence-electron chi connectivity index (χ3n) is 3.35. The number of ether oxygens (including phenoxy) is 1. The van der Waals surface area contributed by atoms with Crippen LogP contribution in [0.4, 0.5) is 9.18 Å². The molecule has 2 amide bonds. The number of nitrogens with one attached hydrogen (secondary N) is 2. The van der Waals surface area contributed by atoms with Gasteiger partial charge >= 0.3 is 6.03 Å². The zero-order valence-electron chi connectivity index (χ0n) is 12.7. The number of aryl methyl sites for hydroxylation is 2. The molecule has 0 aliphatic heterocycles. The van der Waals surface area contributed by atoms with Gasteiger partial charge in [0.05, 0.1) is 0 Å². The van der Waals surface area contributed by atoms with Crippen LogP contribution < -0.4 is 15.4 Å². The molecule has 0 aliphatic carbocycles. The van der Waals surface area contributed by atoms with Gasteiger partial charge in [-0.2, -0.15) is 0 Å². The minimum atomic E-state index is -0.410. The molecular weight excluding hydrogens is 283 g/mol. The van der Waals surface area contributed by atoms with Crippen LogP contribution in [-0.4, -0.2) is 12.8 Å². The summed E-state index contributed by atoms with van der Waals surface area (Å²) in [6.07, 6.45) is 0. The molecule has 0 unspecified atom stereocenters. The smallest absolute Gasteiger partial charge is 0.317 e. The second-order valence-electron chi connectivity index (χ2n) is 4.99. The van der Waals surface area contributed by atoms with E-state index in [1.807, 2.05) is 32.0 Å². The predicted molar refractivity (Wildman–Crippen MR) is 83.2 cm³/mol. The van der Waals surface area contributed by atoms with Gasteiger partial charge in [-0.3, -0.25) is 0 Å². The van der Waals surface area contributed by atoms with Gasteiger partial charge in [-0.05, 0) is 43.2 Å². The summed E-state index contributed by atoms with van der Waals surface area (Å²) in [4.78, 5) is 11.6. The Labute approximate surface area is 129 Å². The van der Waals surface area contributed by atoms with E-state index in [0.29, 0.717) is 11.3 Å². The molecule has 5 heteroatoms. The van der Waals surface area contributed by atoms with E-state index < -0.39 is 6.03 Å². The Morgan fingerprint density at radius 1 is 1.09 bits per heavy atom. The lowest BCUT2D eigenvalue weighted by Gasteiger charge is -2.11. The molecule has 116 valence electrons. The second kappa shape index (κ2) is 7.45. The molecular formula is C17H19FN2O2. The number of amides is 2. The molecule has 0 heterocycles. The van der Waals surface area contributed by atoms with Gasteiger partial charge < -0.3 is 15.4 Å². The first-order chi connectivity index (χ1) is 10.6. The van der Waals surface area contributed by atoms with Crippen molar-refractivity contribution in [2.24, 2.45) is 0 Å². The molecule has 0 saturated carbocycles. The average Bonchev–Trinajstić information content (AvgIpc) is 2.50. The number of carbonyl (C=O) groups excluding carboxylic acids is 1. The minimum Gasteiger partial charge on any atom is -0.473 e. The molecule has 0 saturated heterocycles. The maximum Gasteiger partial charge on any atom is 0.317 e. The average molecular weight is 302 g/mol. The number of rotatable bonds is 5. The summed E-state index contributed by atoms with van der Waals surface area (Å²) in [6, 6.07) is 11.6. The van der Waals surface area contributed by atoms with E-state index in [0.717, 1.165) is 5.56 Å². The van der Waals surface area contributed by atoms with Crippen molar-refractivity contribution in [3.63, 3.8) is 0 Å². The lowest BCUT2D eigenvalue weighted by molar-refractivity contribution is 0.223. The standard InChI is InChI=1S/C17H19FN2O2/c1-12-7-8-15(9-13(12)2)22-11-20-17(21)19-10-14-5-3-4-6-16(14)18/h3-9H,10-11H2,1-2H3,(H2,19,20,21).